The summed E-state index contributed by atoms with van der Waals surface area (Å²) in [6.45, 7) is 1.70. The number of Topliss-reactive ketones (excluding diaryl/α,β-unsaturated/α-hetero) is 1. The Morgan fingerprint density at radius 1 is 1.12 bits per heavy atom. The first-order valence-electron chi connectivity index (χ1n) is 7.24. The first kappa shape index (κ1) is 18.5. The monoisotopic (exact) mass is 372 g/mol. The maximum absolute atomic E-state index is 14.1. The third-order valence-corrected chi connectivity index (χ3v) is 5.80. The lowest BCUT2D eigenvalue weighted by Crippen LogP contribution is -2.24. The molecule has 0 saturated heterocycles. The van der Waals surface area contributed by atoms with Gasteiger partial charge in [0.15, 0.2) is 20.9 Å². The number of benzene rings is 2. The largest absolute Gasteiger partial charge is 0.298 e. The normalized spacial score (nSPS) is 12.8. The predicted octanol–water partition coefficient (Wildman–Crippen LogP) is 4.50. The Labute approximate surface area is 144 Å². The molecule has 0 N–H and O–H groups in total. The van der Waals surface area contributed by atoms with Gasteiger partial charge in [0.25, 0.3) is 0 Å². The Bertz CT molecular complexity index is 849. The van der Waals surface area contributed by atoms with Crippen molar-refractivity contribution in [3.8, 4) is 0 Å². The van der Waals surface area contributed by atoms with E-state index in [1.54, 1.807) is 6.92 Å². The van der Waals surface area contributed by atoms with Crippen molar-refractivity contribution in [1.82, 2.24) is 0 Å². The number of carbonyl (C=O) groups excluding carboxylic acids is 1. The molecule has 0 spiro atoms. The zero-order chi connectivity index (χ0) is 17.9. The van der Waals surface area contributed by atoms with Crippen LogP contribution in [0.25, 0.3) is 0 Å². The number of hydrogen-bond acceptors (Lipinski definition) is 3. The Morgan fingerprint density at radius 3 is 2.33 bits per heavy atom. The van der Waals surface area contributed by atoms with Crippen molar-refractivity contribution < 1.29 is 22.0 Å². The van der Waals surface area contributed by atoms with Crippen molar-refractivity contribution >= 4 is 27.2 Å². The predicted molar refractivity (Wildman–Crippen MR) is 87.7 cm³/mol. The van der Waals surface area contributed by atoms with Crippen LogP contribution >= 0.6 is 11.6 Å². The highest BCUT2D eigenvalue weighted by atomic mass is 35.5. The second kappa shape index (κ2) is 7.40. The lowest BCUT2D eigenvalue weighted by molar-refractivity contribution is -0.118. The molecular formula is C17H15ClF2O3S. The molecule has 3 nitrogen and oxygen atoms in total. The van der Waals surface area contributed by atoms with E-state index in [4.69, 9.17) is 11.6 Å². The fraction of sp³-hybridized carbons (Fsp3) is 0.235. The van der Waals surface area contributed by atoms with Crippen LogP contribution in [0.5, 0.6) is 0 Å². The zero-order valence-corrected chi connectivity index (χ0v) is 14.4. The van der Waals surface area contributed by atoms with Gasteiger partial charge in [0.1, 0.15) is 11.6 Å². The molecule has 24 heavy (non-hydrogen) atoms. The maximum Gasteiger partial charge on any atom is 0.192 e. The summed E-state index contributed by atoms with van der Waals surface area (Å²) in [5.74, 6) is -2.44. The minimum atomic E-state index is -4.25. The smallest absolute Gasteiger partial charge is 0.192 e. The fourth-order valence-corrected chi connectivity index (χ4v) is 4.26. The summed E-state index contributed by atoms with van der Waals surface area (Å²) in [4.78, 5) is 12.2. The van der Waals surface area contributed by atoms with Crippen molar-refractivity contribution in [3.05, 3.63) is 64.7 Å². The Balaban J connectivity index is 2.64. The van der Waals surface area contributed by atoms with Crippen LogP contribution in [0.2, 0.25) is 5.02 Å². The van der Waals surface area contributed by atoms with E-state index >= 15 is 0 Å². The van der Waals surface area contributed by atoms with Gasteiger partial charge >= 0.3 is 0 Å². The molecule has 0 fully saturated rings. The molecule has 0 bridgehead atoms. The molecule has 0 amide bonds. The van der Waals surface area contributed by atoms with Crippen molar-refractivity contribution in [2.24, 2.45) is 0 Å². The van der Waals surface area contributed by atoms with Crippen LogP contribution in [0, 0.1) is 11.6 Å². The molecule has 2 aromatic carbocycles. The van der Waals surface area contributed by atoms with Gasteiger partial charge in [-0.15, -0.1) is 0 Å². The molecule has 7 heteroatoms. The van der Waals surface area contributed by atoms with Gasteiger partial charge in [-0.25, -0.2) is 17.2 Å². The van der Waals surface area contributed by atoms with Gasteiger partial charge in [-0.3, -0.25) is 4.79 Å². The van der Waals surface area contributed by atoms with Gasteiger partial charge in [0, 0.05) is 17.0 Å². The van der Waals surface area contributed by atoms with Crippen LogP contribution in [0.1, 0.15) is 30.6 Å². The molecule has 2 aromatic rings. The van der Waals surface area contributed by atoms with Crippen LogP contribution < -0.4 is 0 Å². The second-order valence-electron chi connectivity index (χ2n) is 5.26. The molecule has 0 saturated carbocycles. The Kier molecular flexibility index (Phi) is 5.72. The number of ketones is 1. The van der Waals surface area contributed by atoms with Crippen LogP contribution in [-0.2, 0) is 14.6 Å². The molecule has 1 atom stereocenters. The average molecular weight is 373 g/mol. The number of sulfone groups is 1. The van der Waals surface area contributed by atoms with Crippen LogP contribution in [0.15, 0.2) is 47.4 Å². The van der Waals surface area contributed by atoms with Crippen molar-refractivity contribution in [2.75, 3.05) is 0 Å². The van der Waals surface area contributed by atoms with Gasteiger partial charge in [0.2, 0.25) is 0 Å². The number of carbonyl (C=O) groups is 1. The number of rotatable bonds is 6. The van der Waals surface area contributed by atoms with E-state index < -0.39 is 38.1 Å². The van der Waals surface area contributed by atoms with Gasteiger partial charge in [0.05, 0.1) is 4.90 Å². The maximum atomic E-state index is 14.1. The quantitative estimate of drug-likeness (QED) is 0.750. The van der Waals surface area contributed by atoms with E-state index in [-0.39, 0.29) is 11.3 Å². The second-order valence-corrected chi connectivity index (χ2v) is 7.73. The molecule has 0 heterocycles. The first-order valence-corrected chi connectivity index (χ1v) is 9.17. The van der Waals surface area contributed by atoms with Crippen molar-refractivity contribution in [2.45, 2.75) is 29.9 Å². The lowest BCUT2D eigenvalue weighted by Gasteiger charge is -2.18. The van der Waals surface area contributed by atoms with E-state index in [9.17, 15) is 22.0 Å². The highest BCUT2D eigenvalue weighted by molar-refractivity contribution is 7.92. The van der Waals surface area contributed by atoms with E-state index in [0.29, 0.717) is 11.4 Å². The van der Waals surface area contributed by atoms with E-state index in [0.717, 1.165) is 18.2 Å². The third-order valence-electron chi connectivity index (χ3n) is 3.48. The van der Waals surface area contributed by atoms with E-state index in [1.165, 1.54) is 24.3 Å². The average Bonchev–Trinajstić information content (AvgIpc) is 2.51. The van der Waals surface area contributed by atoms with Gasteiger partial charge < -0.3 is 0 Å². The number of halogens is 3. The first-order chi connectivity index (χ1) is 11.3. The highest BCUT2D eigenvalue weighted by Crippen LogP contribution is 2.33. The van der Waals surface area contributed by atoms with Crippen LogP contribution in [0.3, 0.4) is 0 Å². The molecule has 0 radical (unpaired) electrons. The minimum Gasteiger partial charge on any atom is -0.298 e. The summed E-state index contributed by atoms with van der Waals surface area (Å²) in [6, 6.07) is 7.63. The molecule has 128 valence electrons. The number of hydrogen-bond donors (Lipinski definition) is 0. The molecule has 1 unspecified atom stereocenters. The standard InChI is InChI=1S/C17H15ClF2O3S/c1-2-3-16(21)17(14-10-12(19)6-9-15(14)20)24(22,23)13-7-4-11(18)5-8-13/h4-10,17H,2-3H2,1H3. The lowest BCUT2D eigenvalue weighted by atomic mass is 10.0. The molecular weight excluding hydrogens is 358 g/mol. The third kappa shape index (κ3) is 3.82. The molecule has 0 aliphatic carbocycles. The molecule has 0 aliphatic rings. The van der Waals surface area contributed by atoms with Crippen molar-refractivity contribution in [1.29, 1.82) is 0 Å². The van der Waals surface area contributed by atoms with E-state index in [1.807, 2.05) is 0 Å². The molecule has 0 aliphatic heterocycles. The summed E-state index contributed by atoms with van der Waals surface area (Å²) in [7, 11) is -4.25. The summed E-state index contributed by atoms with van der Waals surface area (Å²) in [5, 5.41) is -1.48. The zero-order valence-electron chi connectivity index (χ0n) is 12.8. The topological polar surface area (TPSA) is 51.2 Å². The van der Waals surface area contributed by atoms with E-state index in [2.05, 4.69) is 0 Å². The van der Waals surface area contributed by atoms with Gasteiger partial charge in [-0.1, -0.05) is 18.5 Å². The summed E-state index contributed by atoms with van der Waals surface area (Å²) in [5.41, 5.74) is -0.483. The van der Waals surface area contributed by atoms with Crippen LogP contribution in [0.4, 0.5) is 8.78 Å². The minimum absolute atomic E-state index is 0.0621. The van der Waals surface area contributed by atoms with Gasteiger partial charge in [-0.2, -0.15) is 0 Å². The summed E-state index contributed by atoms with van der Waals surface area (Å²) >= 11 is 5.75. The Morgan fingerprint density at radius 2 is 1.75 bits per heavy atom. The SMILES string of the molecule is CCCC(=O)C(c1cc(F)ccc1F)S(=O)(=O)c1ccc(Cl)cc1. The fourth-order valence-electron chi connectivity index (χ4n) is 2.37. The highest BCUT2D eigenvalue weighted by Gasteiger charge is 2.36. The molecule has 0 aromatic heterocycles. The Hall–Kier alpha value is -1.79. The van der Waals surface area contributed by atoms with Crippen molar-refractivity contribution in [3.63, 3.8) is 0 Å². The molecule has 2 rings (SSSR count). The summed E-state index contributed by atoms with van der Waals surface area (Å²) in [6.07, 6.45) is 0.329. The summed E-state index contributed by atoms with van der Waals surface area (Å²) < 4.78 is 53.4. The van der Waals surface area contributed by atoms with Gasteiger partial charge in [-0.05, 0) is 48.9 Å². The van der Waals surface area contributed by atoms with Crippen LogP contribution in [-0.4, -0.2) is 14.2 Å².